The van der Waals surface area contributed by atoms with Crippen molar-refractivity contribution in [3.63, 3.8) is 0 Å². The molecule has 0 spiro atoms. The van der Waals surface area contributed by atoms with Crippen molar-refractivity contribution in [3.05, 3.63) is 35.3 Å². The van der Waals surface area contributed by atoms with Gasteiger partial charge >= 0.3 is 0 Å². The summed E-state index contributed by atoms with van der Waals surface area (Å²) in [6.07, 6.45) is 0.799. The quantitative estimate of drug-likeness (QED) is 0.568. The lowest BCUT2D eigenvalue weighted by molar-refractivity contribution is -0.129. The third-order valence-corrected chi connectivity index (χ3v) is 6.07. The Morgan fingerprint density at radius 1 is 1.32 bits per heavy atom. The molecule has 2 atom stereocenters. The Morgan fingerprint density at radius 2 is 2.06 bits per heavy atom. The first-order valence-corrected chi connectivity index (χ1v) is 11.3. The van der Waals surface area contributed by atoms with E-state index in [2.05, 4.69) is 20.5 Å². The third-order valence-electron chi connectivity index (χ3n) is 6.07. The Hall–Kier alpha value is -3.60. The van der Waals surface area contributed by atoms with E-state index in [0.29, 0.717) is 56.5 Å². The number of amides is 3. The highest BCUT2D eigenvalue weighted by atomic mass is 16.5. The van der Waals surface area contributed by atoms with Crippen LogP contribution in [0.3, 0.4) is 0 Å². The molecule has 0 aromatic carbocycles. The number of aliphatic hydroxyl groups excluding tert-OH is 1. The number of carbonyl (C=O) groups is 3. The van der Waals surface area contributed by atoms with E-state index in [-0.39, 0.29) is 22.9 Å². The van der Waals surface area contributed by atoms with E-state index in [1.54, 1.807) is 30.9 Å². The molecule has 3 N–H and O–H groups in total. The van der Waals surface area contributed by atoms with E-state index >= 15 is 0 Å². The van der Waals surface area contributed by atoms with Gasteiger partial charge in [0.05, 0.1) is 29.9 Å². The number of anilines is 2. The van der Waals surface area contributed by atoms with Crippen LogP contribution in [0.15, 0.2) is 22.8 Å². The highest BCUT2D eigenvalue weighted by Gasteiger charge is 2.34. The molecule has 0 unspecified atom stereocenters. The molecule has 34 heavy (non-hydrogen) atoms. The summed E-state index contributed by atoms with van der Waals surface area (Å²) in [6.45, 7) is 7.84. The van der Waals surface area contributed by atoms with Gasteiger partial charge in [-0.3, -0.25) is 14.4 Å². The van der Waals surface area contributed by atoms with Gasteiger partial charge in [-0.05, 0) is 26.0 Å². The summed E-state index contributed by atoms with van der Waals surface area (Å²) in [5.41, 5.74) is 0.634. The Bertz CT molecular complexity index is 1090. The molecule has 3 amide bonds. The molecule has 0 saturated carbocycles. The summed E-state index contributed by atoms with van der Waals surface area (Å²) in [7, 11) is 0. The molecule has 0 bridgehead atoms. The predicted molar refractivity (Wildman–Crippen MR) is 123 cm³/mol. The zero-order valence-electron chi connectivity index (χ0n) is 19.5. The van der Waals surface area contributed by atoms with Crippen molar-refractivity contribution in [1.29, 1.82) is 0 Å². The zero-order valence-corrected chi connectivity index (χ0v) is 19.5. The van der Waals surface area contributed by atoms with Crippen LogP contribution < -0.4 is 20.3 Å². The average molecular weight is 472 g/mol. The van der Waals surface area contributed by atoms with Crippen LogP contribution in [0.5, 0.6) is 5.88 Å². The van der Waals surface area contributed by atoms with Crippen molar-refractivity contribution in [1.82, 2.24) is 15.2 Å². The van der Waals surface area contributed by atoms with Crippen molar-refractivity contribution in [3.8, 4) is 5.88 Å². The average Bonchev–Trinajstić information content (AvgIpc) is 3.25. The molecule has 11 nitrogen and oxygen atoms in total. The molecule has 0 aliphatic carbocycles. The lowest BCUT2D eigenvalue weighted by Gasteiger charge is -2.35. The number of pyridine rings is 1. The lowest BCUT2D eigenvalue weighted by Crippen LogP contribution is -2.48. The molecule has 182 valence electrons. The summed E-state index contributed by atoms with van der Waals surface area (Å²) < 4.78 is 11.2. The smallest absolute Gasteiger partial charge is 0.259 e. The third kappa shape index (κ3) is 4.69. The van der Waals surface area contributed by atoms with Gasteiger partial charge in [0, 0.05) is 39.5 Å². The molecular formula is C23H29N5O6. The standard InChI is InChI=1S/C23H29N5O6/c1-4-33-23-16(5-6-19(26-23)28-9-7-27(8-10-28)14(3)30)24-21(31)15-12-34-18-11-17(13(2)29)25-22(32)20(15)18/h5-6,12-13,17,29H,4,7-11H2,1-3H3,(H,24,31)(H,25,32)/t13-,17-/m1/s1. The molecule has 0 radical (unpaired) electrons. The Kier molecular flexibility index (Phi) is 6.73. The van der Waals surface area contributed by atoms with Crippen LogP contribution in [0.25, 0.3) is 0 Å². The van der Waals surface area contributed by atoms with Crippen molar-refractivity contribution in [2.45, 2.75) is 39.3 Å². The number of hydrogen-bond acceptors (Lipinski definition) is 8. The van der Waals surface area contributed by atoms with Gasteiger partial charge in [-0.2, -0.15) is 4.98 Å². The van der Waals surface area contributed by atoms with Crippen LogP contribution >= 0.6 is 0 Å². The molecule has 2 aliphatic heterocycles. The van der Waals surface area contributed by atoms with Gasteiger partial charge in [0.15, 0.2) is 0 Å². The fourth-order valence-electron chi connectivity index (χ4n) is 4.14. The molecule has 4 heterocycles. The number of hydrogen-bond donors (Lipinski definition) is 3. The van der Waals surface area contributed by atoms with Gasteiger partial charge in [-0.25, -0.2) is 0 Å². The van der Waals surface area contributed by atoms with E-state index in [1.807, 2.05) is 6.92 Å². The maximum Gasteiger partial charge on any atom is 0.259 e. The maximum atomic E-state index is 13.0. The minimum atomic E-state index is -0.747. The molecule has 11 heteroatoms. The Morgan fingerprint density at radius 3 is 2.71 bits per heavy atom. The van der Waals surface area contributed by atoms with E-state index in [1.165, 1.54) is 6.26 Å². The van der Waals surface area contributed by atoms with E-state index in [0.717, 1.165) is 0 Å². The normalized spacial score (nSPS) is 18.7. The van der Waals surface area contributed by atoms with Crippen molar-refractivity contribution >= 4 is 29.2 Å². The van der Waals surface area contributed by atoms with Gasteiger partial charge in [0.25, 0.3) is 11.8 Å². The van der Waals surface area contributed by atoms with Gasteiger partial charge in [-0.15, -0.1) is 0 Å². The number of nitrogens with zero attached hydrogens (tertiary/aromatic N) is 3. The summed E-state index contributed by atoms with van der Waals surface area (Å²) in [6, 6.07) is 3.02. The Balaban J connectivity index is 1.52. The SMILES string of the molecule is CCOc1nc(N2CCN(C(C)=O)CC2)ccc1NC(=O)c1coc2c1C(=O)N[C@@H]([C@@H](C)O)C2. The number of fused-ring (bicyclic) bond motifs is 1. The minimum absolute atomic E-state index is 0.0529. The largest absolute Gasteiger partial charge is 0.476 e. The molecular weight excluding hydrogens is 442 g/mol. The second kappa shape index (κ2) is 9.72. The van der Waals surface area contributed by atoms with E-state index < -0.39 is 24.0 Å². The lowest BCUT2D eigenvalue weighted by atomic mass is 9.97. The van der Waals surface area contributed by atoms with Crippen LogP contribution in [-0.4, -0.2) is 77.6 Å². The summed E-state index contributed by atoms with van der Waals surface area (Å²) in [4.78, 5) is 45.6. The minimum Gasteiger partial charge on any atom is -0.476 e. The highest BCUT2D eigenvalue weighted by molar-refractivity contribution is 6.13. The molecule has 1 saturated heterocycles. The molecule has 2 aliphatic rings. The van der Waals surface area contributed by atoms with Crippen molar-refractivity contribution in [2.75, 3.05) is 43.0 Å². The van der Waals surface area contributed by atoms with Crippen LogP contribution in [0.2, 0.25) is 0 Å². The van der Waals surface area contributed by atoms with Gasteiger partial charge in [0.1, 0.15) is 23.5 Å². The number of carbonyl (C=O) groups excluding carboxylic acids is 3. The van der Waals surface area contributed by atoms with Crippen molar-refractivity contribution < 1.29 is 28.6 Å². The first-order chi connectivity index (χ1) is 16.3. The Labute approximate surface area is 197 Å². The van der Waals surface area contributed by atoms with Crippen LogP contribution in [0.4, 0.5) is 11.5 Å². The number of furan rings is 1. The number of rotatable bonds is 6. The second-order valence-corrected chi connectivity index (χ2v) is 8.37. The first kappa shape index (κ1) is 23.6. The summed E-state index contributed by atoms with van der Waals surface area (Å²) in [5, 5.41) is 15.3. The molecule has 2 aromatic rings. The number of aromatic nitrogens is 1. The van der Waals surface area contributed by atoms with Crippen LogP contribution in [-0.2, 0) is 11.2 Å². The maximum absolute atomic E-state index is 13.0. The van der Waals surface area contributed by atoms with Gasteiger partial charge in [-0.1, -0.05) is 0 Å². The highest BCUT2D eigenvalue weighted by Crippen LogP contribution is 2.29. The topological polar surface area (TPSA) is 137 Å². The second-order valence-electron chi connectivity index (χ2n) is 8.37. The fraction of sp³-hybridized carbons (Fsp3) is 0.478. The van der Waals surface area contributed by atoms with Crippen LogP contribution in [0.1, 0.15) is 47.2 Å². The number of ether oxygens (including phenoxy) is 1. The van der Waals surface area contributed by atoms with Gasteiger partial charge in [0.2, 0.25) is 11.8 Å². The first-order valence-electron chi connectivity index (χ1n) is 11.3. The summed E-state index contributed by atoms with van der Waals surface area (Å²) in [5.74, 6) is 0.378. The van der Waals surface area contributed by atoms with E-state index in [9.17, 15) is 19.5 Å². The van der Waals surface area contributed by atoms with Crippen LogP contribution in [0, 0.1) is 0 Å². The number of aliphatic hydroxyl groups is 1. The monoisotopic (exact) mass is 471 g/mol. The molecule has 1 fully saturated rings. The number of nitrogens with one attached hydrogen (secondary N) is 2. The van der Waals surface area contributed by atoms with Crippen molar-refractivity contribution in [2.24, 2.45) is 0 Å². The zero-order chi connectivity index (χ0) is 24.4. The summed E-state index contributed by atoms with van der Waals surface area (Å²) >= 11 is 0. The molecule has 2 aromatic heterocycles. The fourth-order valence-corrected chi connectivity index (χ4v) is 4.14. The molecule has 4 rings (SSSR count). The van der Waals surface area contributed by atoms with Gasteiger partial charge < -0.3 is 34.7 Å². The van der Waals surface area contributed by atoms with E-state index in [4.69, 9.17) is 9.15 Å². The predicted octanol–water partition coefficient (Wildman–Crippen LogP) is 1.03. The number of piperazine rings is 1.